The number of aromatic nitrogens is 2. The number of hydrogen-bond acceptors (Lipinski definition) is 4. The monoisotopic (exact) mass is 267 g/mol. The fourth-order valence-corrected chi connectivity index (χ4v) is 3.34. The van der Waals surface area contributed by atoms with Crippen LogP contribution in [-0.2, 0) is 0 Å². The van der Waals surface area contributed by atoms with Crippen molar-refractivity contribution in [3.8, 4) is 0 Å². The zero-order chi connectivity index (χ0) is 13.2. The topological polar surface area (TPSA) is 57.8 Å². The maximum absolute atomic E-state index is 11.6. The van der Waals surface area contributed by atoms with Gasteiger partial charge in [0.05, 0.1) is 0 Å². The molecule has 1 atom stereocenters. The molecule has 1 aliphatic heterocycles. The summed E-state index contributed by atoms with van der Waals surface area (Å²) in [6.45, 7) is 7.19. The number of nitrogens with zero attached hydrogens (tertiary/aromatic N) is 1. The van der Waals surface area contributed by atoms with Crippen molar-refractivity contribution < 1.29 is 0 Å². The standard InChI is InChI=1S/C13H21N3OS/c1-9(2)12-15-10(7-11(17)16-12)14-8-13(3)5-4-6-18-13/h7,9H,4-6,8H2,1-3H3,(H2,14,15,16,17). The Bertz CT molecular complexity index is 464. The van der Waals surface area contributed by atoms with Gasteiger partial charge in [0.25, 0.3) is 5.56 Å². The first-order chi connectivity index (χ1) is 8.48. The highest BCUT2D eigenvalue weighted by atomic mass is 32.2. The fourth-order valence-electron chi connectivity index (χ4n) is 2.09. The summed E-state index contributed by atoms with van der Waals surface area (Å²) in [5, 5.41) is 3.31. The molecule has 1 aromatic heterocycles. The first-order valence-electron chi connectivity index (χ1n) is 6.48. The molecule has 2 N–H and O–H groups in total. The highest BCUT2D eigenvalue weighted by Gasteiger charge is 2.29. The minimum atomic E-state index is -0.0829. The number of anilines is 1. The Kier molecular flexibility index (Phi) is 4.00. The Morgan fingerprint density at radius 1 is 1.61 bits per heavy atom. The predicted molar refractivity (Wildman–Crippen MR) is 77.5 cm³/mol. The van der Waals surface area contributed by atoms with Crippen LogP contribution in [0.15, 0.2) is 10.9 Å². The van der Waals surface area contributed by atoms with Gasteiger partial charge in [0.2, 0.25) is 0 Å². The maximum Gasteiger partial charge on any atom is 0.252 e. The van der Waals surface area contributed by atoms with Gasteiger partial charge < -0.3 is 10.3 Å². The molecule has 0 amide bonds. The second-order valence-electron chi connectivity index (χ2n) is 5.43. The average molecular weight is 267 g/mol. The van der Waals surface area contributed by atoms with Crippen LogP contribution in [0.3, 0.4) is 0 Å². The normalized spacial score (nSPS) is 23.6. The van der Waals surface area contributed by atoms with Crippen molar-refractivity contribution in [3.63, 3.8) is 0 Å². The lowest BCUT2D eigenvalue weighted by Gasteiger charge is -2.23. The first-order valence-corrected chi connectivity index (χ1v) is 7.46. The summed E-state index contributed by atoms with van der Waals surface area (Å²) in [6, 6.07) is 1.54. The fraction of sp³-hybridized carbons (Fsp3) is 0.692. The summed E-state index contributed by atoms with van der Waals surface area (Å²) >= 11 is 2.00. The predicted octanol–water partition coefficient (Wildman–Crippen LogP) is 2.59. The van der Waals surface area contributed by atoms with Gasteiger partial charge in [-0.15, -0.1) is 0 Å². The van der Waals surface area contributed by atoms with Crippen LogP contribution in [0.1, 0.15) is 45.4 Å². The van der Waals surface area contributed by atoms with Gasteiger partial charge in [0, 0.05) is 23.3 Å². The molecule has 0 aliphatic carbocycles. The molecule has 0 aromatic carbocycles. The molecule has 0 spiro atoms. The van der Waals surface area contributed by atoms with Crippen LogP contribution in [-0.4, -0.2) is 27.0 Å². The third-order valence-corrected chi connectivity index (χ3v) is 4.79. The molecule has 1 aromatic rings. The molecule has 18 heavy (non-hydrogen) atoms. The van der Waals surface area contributed by atoms with Crippen molar-refractivity contribution in [1.29, 1.82) is 0 Å². The van der Waals surface area contributed by atoms with Crippen LogP contribution < -0.4 is 10.9 Å². The molecule has 0 saturated carbocycles. The Labute approximate surface area is 112 Å². The van der Waals surface area contributed by atoms with E-state index in [-0.39, 0.29) is 16.2 Å². The summed E-state index contributed by atoms with van der Waals surface area (Å²) in [7, 11) is 0. The van der Waals surface area contributed by atoms with E-state index in [1.807, 2.05) is 25.6 Å². The first kappa shape index (κ1) is 13.5. The van der Waals surface area contributed by atoms with E-state index >= 15 is 0 Å². The highest BCUT2D eigenvalue weighted by molar-refractivity contribution is 8.00. The van der Waals surface area contributed by atoms with Gasteiger partial charge in [-0.25, -0.2) is 4.98 Å². The van der Waals surface area contributed by atoms with Gasteiger partial charge in [-0.2, -0.15) is 11.8 Å². The lowest BCUT2D eigenvalue weighted by molar-refractivity contribution is 0.632. The minimum absolute atomic E-state index is 0.0829. The molecule has 0 radical (unpaired) electrons. The van der Waals surface area contributed by atoms with Crippen LogP contribution in [0.25, 0.3) is 0 Å². The van der Waals surface area contributed by atoms with E-state index in [0.717, 1.165) is 12.4 Å². The van der Waals surface area contributed by atoms with Gasteiger partial charge in [-0.1, -0.05) is 13.8 Å². The molecule has 0 bridgehead atoms. The largest absolute Gasteiger partial charge is 0.368 e. The van der Waals surface area contributed by atoms with Gasteiger partial charge in [0.1, 0.15) is 11.6 Å². The van der Waals surface area contributed by atoms with Crippen molar-refractivity contribution in [2.24, 2.45) is 0 Å². The lowest BCUT2D eigenvalue weighted by Crippen LogP contribution is -2.28. The molecule has 1 unspecified atom stereocenters. The molecule has 2 heterocycles. The van der Waals surface area contributed by atoms with E-state index in [1.165, 1.54) is 24.7 Å². The smallest absolute Gasteiger partial charge is 0.252 e. The van der Waals surface area contributed by atoms with E-state index < -0.39 is 0 Å². The summed E-state index contributed by atoms with van der Waals surface area (Å²) in [6.07, 6.45) is 2.51. The van der Waals surface area contributed by atoms with Crippen LogP contribution in [0.2, 0.25) is 0 Å². The quantitative estimate of drug-likeness (QED) is 0.880. The van der Waals surface area contributed by atoms with E-state index in [4.69, 9.17) is 0 Å². The van der Waals surface area contributed by atoms with Gasteiger partial charge >= 0.3 is 0 Å². The summed E-state index contributed by atoms with van der Waals surface area (Å²) in [4.78, 5) is 18.8. The molecule has 1 aliphatic rings. The number of nitrogens with one attached hydrogen (secondary N) is 2. The molecular weight excluding hydrogens is 246 g/mol. The average Bonchev–Trinajstić information content (AvgIpc) is 2.73. The zero-order valence-corrected chi connectivity index (χ0v) is 12.1. The number of H-pyrrole nitrogens is 1. The van der Waals surface area contributed by atoms with Crippen LogP contribution in [0.4, 0.5) is 5.82 Å². The van der Waals surface area contributed by atoms with Gasteiger partial charge in [-0.3, -0.25) is 4.79 Å². The van der Waals surface area contributed by atoms with E-state index in [2.05, 4.69) is 22.2 Å². The highest BCUT2D eigenvalue weighted by Crippen LogP contribution is 2.37. The number of hydrogen-bond donors (Lipinski definition) is 2. The second-order valence-corrected chi connectivity index (χ2v) is 7.11. The van der Waals surface area contributed by atoms with Crippen molar-refractivity contribution >= 4 is 17.6 Å². The number of thioether (sulfide) groups is 1. The number of aromatic amines is 1. The van der Waals surface area contributed by atoms with E-state index in [9.17, 15) is 4.79 Å². The second kappa shape index (κ2) is 5.34. The van der Waals surface area contributed by atoms with Crippen molar-refractivity contribution in [2.45, 2.75) is 44.3 Å². The summed E-state index contributed by atoms with van der Waals surface area (Å²) < 4.78 is 0.280. The molecule has 2 rings (SSSR count). The SMILES string of the molecule is CC(C)c1nc(NCC2(C)CCCS2)cc(=O)[nH]1. The number of rotatable bonds is 4. The van der Waals surface area contributed by atoms with E-state index in [1.54, 1.807) is 0 Å². The minimum Gasteiger partial charge on any atom is -0.368 e. The Balaban J connectivity index is 2.07. The van der Waals surface area contributed by atoms with Crippen LogP contribution in [0, 0.1) is 0 Å². The third kappa shape index (κ3) is 3.28. The Morgan fingerprint density at radius 2 is 2.39 bits per heavy atom. The molecule has 100 valence electrons. The van der Waals surface area contributed by atoms with Crippen LogP contribution >= 0.6 is 11.8 Å². The lowest BCUT2D eigenvalue weighted by atomic mass is 10.1. The maximum atomic E-state index is 11.6. The Hall–Kier alpha value is -0.970. The van der Waals surface area contributed by atoms with Crippen molar-refractivity contribution in [3.05, 3.63) is 22.2 Å². The third-order valence-electron chi connectivity index (χ3n) is 3.25. The Morgan fingerprint density at radius 3 is 3.00 bits per heavy atom. The van der Waals surface area contributed by atoms with Crippen molar-refractivity contribution in [1.82, 2.24) is 9.97 Å². The summed E-state index contributed by atoms with van der Waals surface area (Å²) in [5.41, 5.74) is -0.0829. The van der Waals surface area contributed by atoms with Crippen LogP contribution in [0.5, 0.6) is 0 Å². The van der Waals surface area contributed by atoms with Gasteiger partial charge in [0.15, 0.2) is 0 Å². The molecular formula is C13H21N3OS. The molecule has 4 nitrogen and oxygen atoms in total. The van der Waals surface area contributed by atoms with Gasteiger partial charge in [-0.05, 0) is 25.5 Å². The summed E-state index contributed by atoms with van der Waals surface area (Å²) in [5.74, 6) is 2.90. The zero-order valence-electron chi connectivity index (χ0n) is 11.2. The van der Waals surface area contributed by atoms with E-state index in [0.29, 0.717) is 5.82 Å². The molecule has 5 heteroatoms. The molecule has 1 fully saturated rings. The molecule has 1 saturated heterocycles. The van der Waals surface area contributed by atoms with Crippen molar-refractivity contribution in [2.75, 3.05) is 17.6 Å².